The van der Waals surface area contributed by atoms with Crippen LogP contribution in [-0.4, -0.2) is 27.3 Å². The summed E-state index contributed by atoms with van der Waals surface area (Å²) in [6, 6.07) is 21.1. The fourth-order valence-corrected chi connectivity index (χ4v) is 4.42. The van der Waals surface area contributed by atoms with Gasteiger partial charge in [0, 0.05) is 17.8 Å². The molecule has 38 heavy (non-hydrogen) atoms. The second kappa shape index (κ2) is 11.2. The minimum atomic E-state index is -0.552. The molecule has 0 unspecified atom stereocenters. The van der Waals surface area contributed by atoms with Gasteiger partial charge in [0.15, 0.2) is 11.5 Å². The Bertz CT molecular complexity index is 1470. The van der Waals surface area contributed by atoms with Crippen LogP contribution in [0.3, 0.4) is 0 Å². The summed E-state index contributed by atoms with van der Waals surface area (Å²) in [6.45, 7) is 4.57. The Balaban J connectivity index is 1.46. The van der Waals surface area contributed by atoms with Crippen molar-refractivity contribution in [2.24, 2.45) is 0 Å². The van der Waals surface area contributed by atoms with Crippen LogP contribution in [-0.2, 0) is 17.9 Å². The van der Waals surface area contributed by atoms with Crippen molar-refractivity contribution in [1.82, 2.24) is 20.1 Å². The molecule has 1 aromatic heterocycles. The zero-order chi connectivity index (χ0) is 26.5. The monoisotopic (exact) mass is 513 g/mol. The molecular weight excluding hydrogens is 485 g/mol. The predicted molar refractivity (Wildman–Crippen MR) is 141 cm³/mol. The van der Waals surface area contributed by atoms with Gasteiger partial charge in [-0.25, -0.2) is 9.07 Å². The summed E-state index contributed by atoms with van der Waals surface area (Å²) >= 11 is 0. The van der Waals surface area contributed by atoms with E-state index in [0.29, 0.717) is 47.4 Å². The zero-order valence-electron chi connectivity index (χ0n) is 21.1. The third kappa shape index (κ3) is 5.22. The number of carbonyl (C=O) groups is 1. The molecule has 0 aliphatic carbocycles. The highest BCUT2D eigenvalue weighted by molar-refractivity contribution is 5.96. The maximum absolute atomic E-state index is 14.1. The van der Waals surface area contributed by atoms with Gasteiger partial charge in [0.05, 0.1) is 12.2 Å². The molecule has 0 saturated heterocycles. The fraction of sp³-hybridized carbons (Fsp3) is 0.207. The Morgan fingerprint density at radius 3 is 2.63 bits per heavy atom. The van der Waals surface area contributed by atoms with E-state index in [1.54, 1.807) is 28.9 Å². The first-order valence-corrected chi connectivity index (χ1v) is 12.4. The number of nitrogens with one attached hydrogen (secondary N) is 2. The van der Waals surface area contributed by atoms with Crippen molar-refractivity contribution in [3.63, 3.8) is 0 Å². The molecule has 3 aromatic carbocycles. The lowest BCUT2D eigenvalue weighted by Gasteiger charge is -2.29. The lowest BCUT2D eigenvalue weighted by Crippen LogP contribution is -2.34. The average Bonchev–Trinajstić information content (AvgIpc) is 3.40. The first-order chi connectivity index (χ1) is 18.5. The van der Waals surface area contributed by atoms with Gasteiger partial charge in [-0.05, 0) is 43.2 Å². The molecule has 0 saturated carbocycles. The predicted octanol–water partition coefficient (Wildman–Crippen LogP) is 5.00. The average molecular weight is 514 g/mol. The van der Waals surface area contributed by atoms with E-state index in [9.17, 15) is 9.18 Å². The Morgan fingerprint density at radius 2 is 1.84 bits per heavy atom. The summed E-state index contributed by atoms with van der Waals surface area (Å²) < 4.78 is 27.6. The number of fused-ring (bicyclic) bond motifs is 1. The summed E-state index contributed by atoms with van der Waals surface area (Å²) in [5.41, 5.74) is 3.40. The maximum Gasteiger partial charge on any atom is 0.251 e. The number of carbonyl (C=O) groups excluding carboxylic acids is 1. The summed E-state index contributed by atoms with van der Waals surface area (Å²) in [5, 5.41) is 10.6. The second-order valence-electron chi connectivity index (χ2n) is 8.78. The lowest BCUT2D eigenvalue weighted by molar-refractivity contribution is -0.118. The number of benzene rings is 3. The Kier molecular flexibility index (Phi) is 7.35. The molecule has 5 rings (SSSR count). The summed E-state index contributed by atoms with van der Waals surface area (Å²) in [4.78, 5) is 17.8. The minimum Gasteiger partial charge on any atom is -0.490 e. The van der Waals surface area contributed by atoms with Crippen LogP contribution < -0.4 is 20.1 Å². The van der Waals surface area contributed by atoms with Gasteiger partial charge in [-0.3, -0.25) is 4.79 Å². The second-order valence-corrected chi connectivity index (χ2v) is 8.78. The van der Waals surface area contributed by atoms with Crippen molar-refractivity contribution in [2.45, 2.75) is 33.0 Å². The van der Waals surface area contributed by atoms with E-state index in [-0.39, 0.29) is 18.3 Å². The van der Waals surface area contributed by atoms with Crippen molar-refractivity contribution in [3.8, 4) is 11.5 Å². The number of nitrogens with zero attached hydrogens (tertiary/aromatic N) is 3. The number of anilines is 1. The van der Waals surface area contributed by atoms with Gasteiger partial charge in [0.25, 0.3) is 5.91 Å². The minimum absolute atomic E-state index is 0.0544. The van der Waals surface area contributed by atoms with Gasteiger partial charge >= 0.3 is 0 Å². The molecule has 4 aromatic rings. The van der Waals surface area contributed by atoms with Gasteiger partial charge < -0.3 is 20.1 Å². The number of hydrogen-bond acceptors (Lipinski definition) is 6. The third-order valence-corrected chi connectivity index (χ3v) is 6.26. The highest BCUT2D eigenvalue weighted by Crippen LogP contribution is 2.39. The van der Waals surface area contributed by atoms with E-state index in [1.807, 2.05) is 56.3 Å². The number of allylic oxidation sites excluding steroid dienone is 1. The molecule has 8 nitrogen and oxygen atoms in total. The summed E-state index contributed by atoms with van der Waals surface area (Å²) in [7, 11) is 0. The van der Waals surface area contributed by atoms with E-state index in [2.05, 4.69) is 20.7 Å². The molecule has 0 bridgehead atoms. The molecule has 194 valence electrons. The molecule has 1 aliphatic heterocycles. The molecule has 9 heteroatoms. The lowest BCUT2D eigenvalue weighted by atomic mass is 9.94. The first-order valence-electron chi connectivity index (χ1n) is 12.4. The standard InChI is InChI=1S/C29H28FN5O3/c1-3-37-25-15-21(13-14-24(25)38-17-22-11-7-8-12-23(22)30)27-26(19(2)34-29-32-18-33-35(27)29)28(36)31-16-20-9-5-4-6-10-20/h4-15,18,27H,3,16-17H2,1-2H3,(H,31,36)(H,32,33,34)/t27-/m1/s1. The highest BCUT2D eigenvalue weighted by Gasteiger charge is 2.34. The SMILES string of the molecule is CCOc1cc([C@@H]2C(C(=O)NCc3ccccc3)=C(C)Nc3ncnn32)ccc1OCc1ccccc1F. The topological polar surface area (TPSA) is 90.3 Å². The van der Waals surface area contributed by atoms with Crippen molar-refractivity contribution in [1.29, 1.82) is 0 Å². The molecule has 0 fully saturated rings. The largest absolute Gasteiger partial charge is 0.490 e. The summed E-state index contributed by atoms with van der Waals surface area (Å²) in [5.74, 6) is 0.945. The number of rotatable bonds is 9. The number of halogens is 1. The van der Waals surface area contributed by atoms with Crippen LogP contribution in [0.2, 0.25) is 0 Å². The van der Waals surface area contributed by atoms with Gasteiger partial charge in [-0.15, -0.1) is 0 Å². The molecule has 1 aliphatic rings. The molecule has 1 atom stereocenters. The van der Waals surface area contributed by atoms with Crippen LogP contribution in [0.15, 0.2) is 90.4 Å². The fourth-order valence-electron chi connectivity index (χ4n) is 4.42. The molecule has 0 radical (unpaired) electrons. The van der Waals surface area contributed by atoms with Crippen LogP contribution in [0.5, 0.6) is 11.5 Å². The van der Waals surface area contributed by atoms with E-state index >= 15 is 0 Å². The van der Waals surface area contributed by atoms with E-state index in [4.69, 9.17) is 9.47 Å². The van der Waals surface area contributed by atoms with E-state index in [1.165, 1.54) is 12.4 Å². The Labute approximate surface area is 220 Å². The third-order valence-electron chi connectivity index (χ3n) is 6.26. The van der Waals surface area contributed by atoms with Gasteiger partial charge in [-0.2, -0.15) is 10.1 Å². The zero-order valence-corrected chi connectivity index (χ0v) is 21.1. The smallest absolute Gasteiger partial charge is 0.251 e. The number of ether oxygens (including phenoxy) is 2. The molecule has 2 N–H and O–H groups in total. The van der Waals surface area contributed by atoms with Crippen LogP contribution in [0.1, 0.15) is 36.6 Å². The quantitative estimate of drug-likeness (QED) is 0.327. The van der Waals surface area contributed by atoms with Gasteiger partial charge in [0.2, 0.25) is 5.95 Å². The maximum atomic E-state index is 14.1. The number of aromatic nitrogens is 3. The molecule has 0 spiro atoms. The van der Waals surface area contributed by atoms with Crippen LogP contribution in [0.4, 0.5) is 10.3 Å². The number of amides is 1. The van der Waals surface area contributed by atoms with Gasteiger partial charge in [-0.1, -0.05) is 54.6 Å². The Hall–Kier alpha value is -4.66. The summed E-state index contributed by atoms with van der Waals surface area (Å²) in [6.07, 6.45) is 1.45. The Morgan fingerprint density at radius 1 is 1.05 bits per heavy atom. The highest BCUT2D eigenvalue weighted by atomic mass is 19.1. The molecule has 2 heterocycles. The molecular formula is C29H28FN5O3. The normalized spacial score (nSPS) is 14.4. The van der Waals surface area contributed by atoms with Crippen LogP contribution in [0.25, 0.3) is 0 Å². The van der Waals surface area contributed by atoms with E-state index in [0.717, 1.165) is 11.1 Å². The molecule has 1 amide bonds. The van der Waals surface area contributed by atoms with Gasteiger partial charge in [0.1, 0.15) is 24.8 Å². The van der Waals surface area contributed by atoms with Crippen molar-refractivity contribution in [3.05, 3.63) is 113 Å². The van der Waals surface area contributed by atoms with Crippen molar-refractivity contribution < 1.29 is 18.7 Å². The van der Waals surface area contributed by atoms with Crippen molar-refractivity contribution >= 4 is 11.9 Å². The van der Waals surface area contributed by atoms with E-state index < -0.39 is 6.04 Å². The van der Waals surface area contributed by atoms with Crippen LogP contribution in [0, 0.1) is 5.82 Å². The first kappa shape index (κ1) is 25.0. The number of hydrogen-bond donors (Lipinski definition) is 2. The van der Waals surface area contributed by atoms with Crippen LogP contribution >= 0.6 is 0 Å². The van der Waals surface area contributed by atoms with Crippen molar-refractivity contribution in [2.75, 3.05) is 11.9 Å².